The fourth-order valence-electron chi connectivity index (χ4n) is 1.58. The monoisotopic (exact) mass is 281 g/mol. The van der Waals surface area contributed by atoms with Gasteiger partial charge in [-0.15, -0.1) is 11.6 Å². The standard InChI is InChI=1S/C14H13Cl2NO/c1-10-3-2-4-12(17-10)9-18-14-6-5-11(8-15)7-13(14)16/h2-7H,8-9H2,1H3. The second kappa shape index (κ2) is 6.07. The quantitative estimate of drug-likeness (QED) is 0.777. The van der Waals surface area contributed by atoms with E-state index < -0.39 is 0 Å². The highest BCUT2D eigenvalue weighted by atomic mass is 35.5. The topological polar surface area (TPSA) is 22.1 Å². The fourth-order valence-corrected chi connectivity index (χ4v) is 2.00. The van der Waals surface area contributed by atoms with E-state index in [1.165, 1.54) is 0 Å². The lowest BCUT2D eigenvalue weighted by molar-refractivity contribution is 0.301. The maximum absolute atomic E-state index is 6.10. The number of hydrogen-bond donors (Lipinski definition) is 0. The zero-order chi connectivity index (χ0) is 13.0. The predicted molar refractivity (Wildman–Crippen MR) is 74.3 cm³/mol. The smallest absolute Gasteiger partial charge is 0.138 e. The number of alkyl halides is 1. The Morgan fingerprint density at radius 3 is 2.72 bits per heavy atom. The van der Waals surface area contributed by atoms with E-state index in [-0.39, 0.29) is 0 Å². The molecule has 0 fully saturated rings. The molecule has 2 nitrogen and oxygen atoms in total. The van der Waals surface area contributed by atoms with Crippen LogP contribution in [-0.4, -0.2) is 4.98 Å². The van der Waals surface area contributed by atoms with Crippen LogP contribution in [0.5, 0.6) is 5.75 Å². The van der Waals surface area contributed by atoms with E-state index in [4.69, 9.17) is 27.9 Å². The van der Waals surface area contributed by atoms with Crippen molar-refractivity contribution in [1.82, 2.24) is 4.98 Å². The van der Waals surface area contributed by atoms with Crippen LogP contribution in [0, 0.1) is 6.92 Å². The summed E-state index contributed by atoms with van der Waals surface area (Å²) in [7, 11) is 0. The highest BCUT2D eigenvalue weighted by molar-refractivity contribution is 6.32. The van der Waals surface area contributed by atoms with Gasteiger partial charge < -0.3 is 4.74 Å². The molecule has 0 N–H and O–H groups in total. The SMILES string of the molecule is Cc1cccc(COc2ccc(CCl)cc2Cl)n1. The lowest BCUT2D eigenvalue weighted by atomic mass is 10.2. The van der Waals surface area contributed by atoms with Gasteiger partial charge in [-0.1, -0.05) is 23.7 Å². The van der Waals surface area contributed by atoms with Crippen molar-refractivity contribution in [1.29, 1.82) is 0 Å². The molecule has 2 aromatic rings. The van der Waals surface area contributed by atoms with Crippen molar-refractivity contribution in [2.45, 2.75) is 19.4 Å². The van der Waals surface area contributed by atoms with Gasteiger partial charge in [-0.3, -0.25) is 4.98 Å². The molecule has 0 bridgehead atoms. The van der Waals surface area contributed by atoms with Gasteiger partial charge >= 0.3 is 0 Å². The van der Waals surface area contributed by atoms with E-state index in [0.29, 0.717) is 23.3 Å². The van der Waals surface area contributed by atoms with E-state index in [9.17, 15) is 0 Å². The third-order valence-corrected chi connectivity index (χ3v) is 3.08. The first-order valence-corrected chi connectivity index (χ1v) is 6.50. The van der Waals surface area contributed by atoms with Crippen molar-refractivity contribution >= 4 is 23.2 Å². The lowest BCUT2D eigenvalue weighted by Gasteiger charge is -2.08. The Bertz CT molecular complexity index is 543. The predicted octanol–water partition coefficient (Wildman–Crippen LogP) is 4.36. The average molecular weight is 282 g/mol. The molecule has 2 rings (SSSR count). The van der Waals surface area contributed by atoms with Crippen molar-refractivity contribution in [3.63, 3.8) is 0 Å². The van der Waals surface area contributed by atoms with Gasteiger partial charge in [0, 0.05) is 11.6 Å². The summed E-state index contributed by atoms with van der Waals surface area (Å²) in [5, 5.41) is 0.570. The normalized spacial score (nSPS) is 10.4. The van der Waals surface area contributed by atoms with Crippen molar-refractivity contribution in [3.8, 4) is 5.75 Å². The Morgan fingerprint density at radius 2 is 2.06 bits per heavy atom. The Kier molecular flexibility index (Phi) is 4.45. The van der Waals surface area contributed by atoms with Crippen LogP contribution >= 0.6 is 23.2 Å². The molecule has 0 unspecified atom stereocenters. The summed E-state index contributed by atoms with van der Waals surface area (Å²) in [5.41, 5.74) is 2.83. The summed E-state index contributed by atoms with van der Waals surface area (Å²) < 4.78 is 5.64. The maximum atomic E-state index is 6.10. The average Bonchev–Trinajstić information content (AvgIpc) is 2.37. The number of hydrogen-bond acceptors (Lipinski definition) is 2. The third-order valence-electron chi connectivity index (χ3n) is 2.47. The molecule has 18 heavy (non-hydrogen) atoms. The van der Waals surface area contributed by atoms with Gasteiger partial charge in [0.15, 0.2) is 0 Å². The molecule has 0 amide bonds. The zero-order valence-corrected chi connectivity index (χ0v) is 11.5. The molecule has 0 aliphatic rings. The number of aromatic nitrogens is 1. The molecule has 94 valence electrons. The van der Waals surface area contributed by atoms with E-state index in [1.807, 2.05) is 43.3 Å². The van der Waals surface area contributed by atoms with Crippen LogP contribution in [0.1, 0.15) is 17.0 Å². The molecule has 1 aromatic heterocycles. The van der Waals surface area contributed by atoms with Gasteiger partial charge in [-0.05, 0) is 36.8 Å². The lowest BCUT2D eigenvalue weighted by Crippen LogP contribution is -1.99. The van der Waals surface area contributed by atoms with Crippen molar-refractivity contribution in [2.24, 2.45) is 0 Å². The number of rotatable bonds is 4. The molecule has 0 aliphatic carbocycles. The molecule has 0 aliphatic heterocycles. The molecule has 0 spiro atoms. The largest absolute Gasteiger partial charge is 0.486 e. The molecule has 4 heteroatoms. The maximum Gasteiger partial charge on any atom is 0.138 e. The van der Waals surface area contributed by atoms with Gasteiger partial charge in [0.2, 0.25) is 0 Å². The Labute approximate surface area is 117 Å². The van der Waals surface area contributed by atoms with Crippen LogP contribution < -0.4 is 4.74 Å². The second-order valence-corrected chi connectivity index (χ2v) is 4.63. The molecule has 0 saturated carbocycles. The summed E-state index contributed by atoms with van der Waals surface area (Å²) in [5.74, 6) is 1.09. The highest BCUT2D eigenvalue weighted by Crippen LogP contribution is 2.26. The number of nitrogens with zero attached hydrogens (tertiary/aromatic N) is 1. The van der Waals surface area contributed by atoms with E-state index in [0.717, 1.165) is 17.0 Å². The van der Waals surface area contributed by atoms with Crippen LogP contribution in [-0.2, 0) is 12.5 Å². The van der Waals surface area contributed by atoms with Crippen LogP contribution in [0.2, 0.25) is 5.02 Å². The molecule has 0 atom stereocenters. The van der Waals surface area contributed by atoms with E-state index in [1.54, 1.807) is 0 Å². The number of benzene rings is 1. The number of halogens is 2. The summed E-state index contributed by atoms with van der Waals surface area (Å²) in [6.07, 6.45) is 0. The molecule has 1 heterocycles. The molecule has 0 saturated heterocycles. The van der Waals surface area contributed by atoms with Crippen LogP contribution in [0.4, 0.5) is 0 Å². The number of ether oxygens (including phenoxy) is 1. The summed E-state index contributed by atoms with van der Waals surface area (Å²) in [6.45, 7) is 2.35. The minimum absolute atomic E-state index is 0.404. The third kappa shape index (κ3) is 3.37. The summed E-state index contributed by atoms with van der Waals surface area (Å²) in [4.78, 5) is 4.36. The first-order chi connectivity index (χ1) is 8.69. The Morgan fingerprint density at radius 1 is 1.22 bits per heavy atom. The second-order valence-electron chi connectivity index (χ2n) is 3.96. The number of pyridine rings is 1. The van der Waals surface area contributed by atoms with Gasteiger partial charge in [0.25, 0.3) is 0 Å². The van der Waals surface area contributed by atoms with Crippen LogP contribution in [0.25, 0.3) is 0 Å². The number of aryl methyl sites for hydroxylation is 1. The van der Waals surface area contributed by atoms with Crippen LogP contribution in [0.3, 0.4) is 0 Å². The van der Waals surface area contributed by atoms with Gasteiger partial charge in [-0.25, -0.2) is 0 Å². The van der Waals surface area contributed by atoms with E-state index >= 15 is 0 Å². The van der Waals surface area contributed by atoms with Crippen molar-refractivity contribution in [3.05, 3.63) is 58.4 Å². The van der Waals surface area contributed by atoms with Gasteiger partial charge in [0.05, 0.1) is 10.7 Å². The van der Waals surface area contributed by atoms with E-state index in [2.05, 4.69) is 4.98 Å². The fraction of sp³-hybridized carbons (Fsp3) is 0.214. The highest BCUT2D eigenvalue weighted by Gasteiger charge is 2.04. The van der Waals surface area contributed by atoms with Crippen molar-refractivity contribution < 1.29 is 4.74 Å². The van der Waals surface area contributed by atoms with Gasteiger partial charge in [-0.2, -0.15) is 0 Å². The zero-order valence-electron chi connectivity index (χ0n) is 9.99. The Hall–Kier alpha value is -1.25. The molecule has 1 aromatic carbocycles. The molecular weight excluding hydrogens is 269 g/mol. The molecular formula is C14H13Cl2NO. The minimum atomic E-state index is 0.404. The molecule has 0 radical (unpaired) electrons. The Balaban J connectivity index is 2.06. The first kappa shape index (κ1) is 13.2. The van der Waals surface area contributed by atoms with Crippen molar-refractivity contribution in [2.75, 3.05) is 0 Å². The van der Waals surface area contributed by atoms with Crippen LogP contribution in [0.15, 0.2) is 36.4 Å². The minimum Gasteiger partial charge on any atom is -0.486 e. The first-order valence-electron chi connectivity index (χ1n) is 5.59. The van der Waals surface area contributed by atoms with Gasteiger partial charge in [0.1, 0.15) is 12.4 Å². The summed E-state index contributed by atoms with van der Waals surface area (Å²) in [6, 6.07) is 11.4. The summed E-state index contributed by atoms with van der Waals surface area (Å²) >= 11 is 11.8.